The van der Waals surface area contributed by atoms with Crippen molar-refractivity contribution < 1.29 is 9.53 Å². The standard InChI is InChI=1S/C25H21N5O2S/c1-14(2)32-23-16(12-26)13-27-19-9-8-17(28-22(19)23)10-21-24(31)30-25(33-21)29-20-11-18(20)15-6-4-3-5-7-15/h3-10,13-14,18,20H,11H2,1-2H3,(H,29,30,31)/b21-10+. The molecule has 3 aromatic rings. The minimum Gasteiger partial charge on any atom is -0.487 e. The Morgan fingerprint density at radius 2 is 2.06 bits per heavy atom. The molecule has 0 spiro atoms. The second kappa shape index (κ2) is 8.68. The molecule has 1 aliphatic heterocycles. The monoisotopic (exact) mass is 455 g/mol. The molecule has 1 aliphatic carbocycles. The maximum absolute atomic E-state index is 12.5. The Kier molecular flexibility index (Phi) is 5.56. The summed E-state index contributed by atoms with van der Waals surface area (Å²) < 4.78 is 5.86. The summed E-state index contributed by atoms with van der Waals surface area (Å²) in [4.78, 5) is 26.1. The predicted octanol–water partition coefficient (Wildman–Crippen LogP) is 4.40. The van der Waals surface area contributed by atoms with Crippen LogP contribution in [0.1, 0.15) is 43.0 Å². The first-order valence-electron chi connectivity index (χ1n) is 10.7. The minimum absolute atomic E-state index is 0.123. The molecule has 8 heteroatoms. The van der Waals surface area contributed by atoms with E-state index < -0.39 is 0 Å². The highest BCUT2D eigenvalue weighted by atomic mass is 32.2. The zero-order chi connectivity index (χ0) is 22.9. The van der Waals surface area contributed by atoms with Crippen LogP contribution in [0.2, 0.25) is 0 Å². The van der Waals surface area contributed by atoms with Crippen molar-refractivity contribution in [1.29, 1.82) is 5.26 Å². The quantitative estimate of drug-likeness (QED) is 0.569. The molecule has 1 amide bonds. The highest BCUT2D eigenvalue weighted by Crippen LogP contribution is 2.42. The van der Waals surface area contributed by atoms with E-state index >= 15 is 0 Å². The molecule has 33 heavy (non-hydrogen) atoms. The number of fused-ring (bicyclic) bond motifs is 1. The predicted molar refractivity (Wildman–Crippen MR) is 129 cm³/mol. The summed E-state index contributed by atoms with van der Waals surface area (Å²) in [7, 11) is 0. The van der Waals surface area contributed by atoms with Crippen molar-refractivity contribution in [3.05, 3.63) is 70.4 Å². The van der Waals surface area contributed by atoms with Gasteiger partial charge in [0.25, 0.3) is 5.91 Å². The number of carbonyl (C=O) groups excluding carboxylic acids is 1. The van der Waals surface area contributed by atoms with E-state index in [4.69, 9.17) is 4.74 Å². The molecule has 1 N–H and O–H groups in total. The van der Waals surface area contributed by atoms with Gasteiger partial charge in [0.1, 0.15) is 17.1 Å². The largest absolute Gasteiger partial charge is 0.487 e. The summed E-state index contributed by atoms with van der Waals surface area (Å²) in [5.74, 6) is 0.562. The van der Waals surface area contributed by atoms with Crippen LogP contribution < -0.4 is 10.1 Å². The fourth-order valence-corrected chi connectivity index (χ4v) is 4.62. The highest BCUT2D eigenvalue weighted by Gasteiger charge is 2.40. The van der Waals surface area contributed by atoms with Gasteiger partial charge in [0.05, 0.1) is 22.2 Å². The van der Waals surface area contributed by atoms with Gasteiger partial charge in [0, 0.05) is 18.2 Å². The van der Waals surface area contributed by atoms with Crippen LogP contribution in [0.3, 0.4) is 0 Å². The molecule has 0 bridgehead atoms. The number of pyridine rings is 2. The van der Waals surface area contributed by atoms with E-state index in [0.29, 0.717) is 44.0 Å². The number of amides is 1. The molecule has 7 nitrogen and oxygen atoms in total. The maximum atomic E-state index is 12.5. The van der Waals surface area contributed by atoms with Crippen LogP contribution in [-0.4, -0.2) is 33.2 Å². The first-order chi connectivity index (χ1) is 16.0. The lowest BCUT2D eigenvalue weighted by Crippen LogP contribution is -2.22. The van der Waals surface area contributed by atoms with Gasteiger partial charge in [-0.05, 0) is 55.8 Å². The lowest BCUT2D eigenvalue weighted by atomic mass is 10.1. The average Bonchev–Trinajstić information content (AvgIpc) is 3.49. The molecule has 1 saturated carbocycles. The Balaban J connectivity index is 1.35. The number of nitrogens with zero attached hydrogens (tertiary/aromatic N) is 4. The first-order valence-corrected chi connectivity index (χ1v) is 11.5. The molecule has 2 unspecified atom stereocenters. The summed E-state index contributed by atoms with van der Waals surface area (Å²) in [6, 6.07) is 16.3. The number of thioether (sulfide) groups is 1. The number of nitriles is 1. The van der Waals surface area contributed by atoms with Crippen molar-refractivity contribution in [2.75, 3.05) is 0 Å². The van der Waals surface area contributed by atoms with Gasteiger partial charge in [-0.2, -0.15) is 10.3 Å². The van der Waals surface area contributed by atoms with Crippen molar-refractivity contribution in [1.82, 2.24) is 15.3 Å². The Labute approximate surface area is 195 Å². The smallest absolute Gasteiger partial charge is 0.286 e. The zero-order valence-electron chi connectivity index (χ0n) is 18.1. The van der Waals surface area contributed by atoms with Crippen LogP contribution >= 0.6 is 11.8 Å². The third kappa shape index (κ3) is 4.45. The Hall–Kier alpha value is -3.70. The summed E-state index contributed by atoms with van der Waals surface area (Å²) in [5.41, 5.74) is 3.32. The van der Waals surface area contributed by atoms with Gasteiger partial charge in [0.15, 0.2) is 10.9 Å². The van der Waals surface area contributed by atoms with E-state index in [-0.39, 0.29) is 18.1 Å². The molecule has 1 aromatic carbocycles. The fourth-order valence-electron chi connectivity index (χ4n) is 3.76. The van der Waals surface area contributed by atoms with Crippen LogP contribution in [0.5, 0.6) is 5.75 Å². The highest BCUT2D eigenvalue weighted by molar-refractivity contribution is 8.18. The van der Waals surface area contributed by atoms with E-state index in [1.807, 2.05) is 38.1 Å². The topological polar surface area (TPSA) is 100 Å². The molecule has 2 aromatic heterocycles. The lowest BCUT2D eigenvalue weighted by molar-refractivity contribution is -0.113. The van der Waals surface area contributed by atoms with Crippen LogP contribution in [-0.2, 0) is 4.79 Å². The van der Waals surface area contributed by atoms with Crippen LogP contribution in [0.25, 0.3) is 17.1 Å². The zero-order valence-corrected chi connectivity index (χ0v) is 19.0. The molecule has 0 radical (unpaired) electrons. The molecule has 2 atom stereocenters. The molecular formula is C25H21N5O2S. The van der Waals surface area contributed by atoms with Crippen molar-refractivity contribution >= 4 is 39.9 Å². The molecule has 1 fully saturated rings. The van der Waals surface area contributed by atoms with Crippen LogP contribution in [0.4, 0.5) is 0 Å². The number of aliphatic imine (C=N–C) groups is 1. The average molecular weight is 456 g/mol. The number of benzene rings is 1. The number of hydrogen-bond donors (Lipinski definition) is 1. The van der Waals surface area contributed by atoms with Crippen molar-refractivity contribution in [2.45, 2.75) is 38.3 Å². The van der Waals surface area contributed by atoms with Crippen LogP contribution in [0.15, 0.2) is 58.6 Å². The number of amidine groups is 1. The van der Waals surface area contributed by atoms with E-state index in [9.17, 15) is 10.1 Å². The number of hydrogen-bond acceptors (Lipinski definition) is 7. The van der Waals surface area contributed by atoms with Gasteiger partial charge in [-0.25, -0.2) is 4.98 Å². The first kappa shape index (κ1) is 21.2. The van der Waals surface area contributed by atoms with Crippen LogP contribution in [0, 0.1) is 11.3 Å². The normalized spacial score (nSPS) is 20.7. The number of rotatable bonds is 5. The van der Waals surface area contributed by atoms with Gasteiger partial charge in [-0.1, -0.05) is 30.3 Å². The minimum atomic E-state index is -0.288. The SMILES string of the molecule is CC(C)Oc1c(C#N)cnc2ccc(/C=C3/SC(NC4CC4c4ccccc4)=NC3=O)nc12. The third-order valence-corrected chi connectivity index (χ3v) is 6.30. The lowest BCUT2D eigenvalue weighted by Gasteiger charge is -2.13. The van der Waals surface area contributed by atoms with Gasteiger partial charge in [0.2, 0.25) is 0 Å². The second-order valence-electron chi connectivity index (χ2n) is 8.22. The fraction of sp³-hybridized carbons (Fsp3) is 0.240. The molecular weight excluding hydrogens is 434 g/mol. The number of aromatic nitrogens is 2. The molecule has 3 heterocycles. The Morgan fingerprint density at radius 1 is 1.24 bits per heavy atom. The molecule has 5 rings (SSSR count). The number of nitrogens with one attached hydrogen (secondary N) is 1. The maximum Gasteiger partial charge on any atom is 0.286 e. The summed E-state index contributed by atoms with van der Waals surface area (Å²) >= 11 is 1.32. The van der Waals surface area contributed by atoms with Gasteiger partial charge < -0.3 is 10.1 Å². The van der Waals surface area contributed by atoms with Gasteiger partial charge in [-0.15, -0.1) is 0 Å². The van der Waals surface area contributed by atoms with Gasteiger partial charge in [-0.3, -0.25) is 9.78 Å². The molecule has 0 saturated heterocycles. The number of ether oxygens (including phenoxy) is 1. The van der Waals surface area contributed by atoms with E-state index in [0.717, 1.165) is 6.42 Å². The van der Waals surface area contributed by atoms with Gasteiger partial charge >= 0.3 is 0 Å². The van der Waals surface area contributed by atoms with E-state index in [2.05, 4.69) is 38.5 Å². The number of carbonyl (C=O) groups is 1. The van der Waals surface area contributed by atoms with E-state index in [1.54, 1.807) is 12.1 Å². The Morgan fingerprint density at radius 3 is 2.82 bits per heavy atom. The Bertz CT molecular complexity index is 1340. The molecule has 2 aliphatic rings. The summed E-state index contributed by atoms with van der Waals surface area (Å²) in [5, 5.41) is 13.4. The van der Waals surface area contributed by atoms with Crippen molar-refractivity contribution in [3.63, 3.8) is 0 Å². The summed E-state index contributed by atoms with van der Waals surface area (Å²) in [6.07, 6.45) is 4.10. The molecule has 164 valence electrons. The second-order valence-corrected chi connectivity index (χ2v) is 9.25. The third-order valence-electron chi connectivity index (χ3n) is 5.39. The van der Waals surface area contributed by atoms with E-state index in [1.165, 1.54) is 23.5 Å². The van der Waals surface area contributed by atoms with Crippen molar-refractivity contribution in [2.24, 2.45) is 4.99 Å². The van der Waals surface area contributed by atoms with Crippen molar-refractivity contribution in [3.8, 4) is 11.8 Å². The summed E-state index contributed by atoms with van der Waals surface area (Å²) in [6.45, 7) is 3.78.